The summed E-state index contributed by atoms with van der Waals surface area (Å²) in [6, 6.07) is 15.7. The largest absolute Gasteiger partial charge is 0.368 e. The van der Waals surface area contributed by atoms with E-state index in [9.17, 15) is 9.59 Å². The lowest BCUT2D eigenvalue weighted by Crippen LogP contribution is -2.39. The van der Waals surface area contributed by atoms with Crippen LogP contribution in [0.4, 0.5) is 0 Å². The summed E-state index contributed by atoms with van der Waals surface area (Å²) < 4.78 is 0. The summed E-state index contributed by atoms with van der Waals surface area (Å²) in [6.45, 7) is 8.14. The molecule has 1 atom stereocenters. The molecule has 0 radical (unpaired) electrons. The molecule has 1 unspecified atom stereocenters. The lowest BCUT2D eigenvalue weighted by molar-refractivity contribution is -0.117. The van der Waals surface area contributed by atoms with Crippen molar-refractivity contribution in [2.75, 3.05) is 19.6 Å². The number of carbonyl (C=O) groups excluding carboxylic acids is 2. The van der Waals surface area contributed by atoms with Crippen molar-refractivity contribution in [2.24, 2.45) is 10.7 Å². The number of hydrogen-bond donors (Lipinski definition) is 4. The molecule has 0 aliphatic heterocycles. The third-order valence-corrected chi connectivity index (χ3v) is 4.63. The van der Waals surface area contributed by atoms with Crippen LogP contribution in [0.15, 0.2) is 53.5 Å². The number of aliphatic imine (C=N–C) groups is 1. The van der Waals surface area contributed by atoms with Crippen LogP contribution in [-0.2, 0) is 11.3 Å². The molecular weight excluding hydrogens is 505 g/mol. The van der Waals surface area contributed by atoms with Crippen LogP contribution < -0.4 is 21.7 Å². The van der Waals surface area contributed by atoms with Crippen molar-refractivity contribution < 1.29 is 9.59 Å². The molecular formula is C23H32IN5O2. The highest BCUT2D eigenvalue weighted by molar-refractivity contribution is 14.0. The van der Waals surface area contributed by atoms with Crippen molar-refractivity contribution in [3.8, 4) is 0 Å². The van der Waals surface area contributed by atoms with Crippen LogP contribution in [0.25, 0.3) is 0 Å². The first-order valence-electron chi connectivity index (χ1n) is 10.1. The van der Waals surface area contributed by atoms with Crippen molar-refractivity contribution in [3.05, 3.63) is 70.8 Å². The fourth-order valence-corrected chi connectivity index (χ4v) is 2.81. The van der Waals surface area contributed by atoms with Crippen molar-refractivity contribution in [1.29, 1.82) is 0 Å². The Bertz CT molecular complexity index is 867. The van der Waals surface area contributed by atoms with E-state index >= 15 is 0 Å². The van der Waals surface area contributed by atoms with Gasteiger partial charge in [-0.3, -0.25) is 9.59 Å². The average molecular weight is 537 g/mol. The molecule has 5 N–H and O–H groups in total. The summed E-state index contributed by atoms with van der Waals surface area (Å²) in [7, 11) is 0. The van der Waals surface area contributed by atoms with Gasteiger partial charge in [-0.2, -0.15) is 0 Å². The van der Waals surface area contributed by atoms with Crippen LogP contribution in [0.1, 0.15) is 46.8 Å². The normalized spacial score (nSPS) is 11.8. The number of nitrogens with one attached hydrogen (secondary N) is 3. The Morgan fingerprint density at radius 2 is 1.65 bits per heavy atom. The van der Waals surface area contributed by atoms with E-state index in [0.29, 0.717) is 18.0 Å². The fourth-order valence-electron chi connectivity index (χ4n) is 2.81. The number of halogens is 1. The smallest absolute Gasteiger partial charge is 0.251 e. The van der Waals surface area contributed by atoms with Gasteiger partial charge in [0.2, 0.25) is 5.91 Å². The van der Waals surface area contributed by atoms with Crippen molar-refractivity contribution in [2.45, 2.75) is 33.2 Å². The van der Waals surface area contributed by atoms with Crippen LogP contribution in [0.5, 0.6) is 0 Å². The second kappa shape index (κ2) is 13.6. The van der Waals surface area contributed by atoms with Crippen molar-refractivity contribution in [3.63, 3.8) is 0 Å². The second-order valence-corrected chi connectivity index (χ2v) is 7.23. The van der Waals surface area contributed by atoms with E-state index in [0.717, 1.165) is 24.6 Å². The first kappa shape index (κ1) is 26.4. The molecule has 8 heteroatoms. The van der Waals surface area contributed by atoms with Gasteiger partial charge in [-0.25, -0.2) is 4.99 Å². The lowest BCUT2D eigenvalue weighted by Gasteiger charge is -2.16. The Morgan fingerprint density at radius 3 is 2.23 bits per heavy atom. The SMILES string of the molecule is CCNC(=NCc1ccc(C(=O)NCC(N)=O)cc1)NCC(C)c1ccc(C)cc1.I. The van der Waals surface area contributed by atoms with Gasteiger partial charge in [0.1, 0.15) is 0 Å². The van der Waals surface area contributed by atoms with Crippen molar-refractivity contribution in [1.82, 2.24) is 16.0 Å². The van der Waals surface area contributed by atoms with Gasteiger partial charge >= 0.3 is 0 Å². The summed E-state index contributed by atoms with van der Waals surface area (Å²) in [5, 5.41) is 9.12. The van der Waals surface area contributed by atoms with Gasteiger partial charge in [-0.15, -0.1) is 24.0 Å². The molecule has 31 heavy (non-hydrogen) atoms. The monoisotopic (exact) mass is 537 g/mol. The predicted molar refractivity (Wildman–Crippen MR) is 136 cm³/mol. The standard InChI is InChI=1S/C23H31N5O2.HI/c1-4-25-23(27-13-17(3)19-9-5-16(2)6-10-19)28-14-18-7-11-20(12-8-18)22(30)26-15-21(24)29;/h5-12,17H,4,13-15H2,1-3H3,(H2,24,29)(H,26,30)(H2,25,27,28);1H. The van der Waals surface area contributed by atoms with Crippen LogP contribution in [0.2, 0.25) is 0 Å². The zero-order valence-electron chi connectivity index (χ0n) is 18.3. The topological polar surface area (TPSA) is 109 Å². The van der Waals surface area contributed by atoms with E-state index in [1.54, 1.807) is 12.1 Å². The molecule has 2 aromatic carbocycles. The molecule has 168 valence electrons. The molecule has 0 bridgehead atoms. The number of guanidine groups is 1. The lowest BCUT2D eigenvalue weighted by atomic mass is 10.0. The maximum Gasteiger partial charge on any atom is 0.251 e. The van der Waals surface area contributed by atoms with E-state index in [4.69, 9.17) is 5.73 Å². The third-order valence-electron chi connectivity index (χ3n) is 4.63. The molecule has 0 aliphatic rings. The van der Waals surface area contributed by atoms with Crippen molar-refractivity contribution >= 4 is 41.8 Å². The minimum Gasteiger partial charge on any atom is -0.368 e. The van der Waals surface area contributed by atoms with Crippen LogP contribution in [0.3, 0.4) is 0 Å². The highest BCUT2D eigenvalue weighted by Gasteiger charge is 2.08. The highest BCUT2D eigenvalue weighted by atomic mass is 127. The Balaban J connectivity index is 0.00000480. The summed E-state index contributed by atoms with van der Waals surface area (Å²) in [6.07, 6.45) is 0. The van der Waals surface area contributed by atoms with Gasteiger partial charge in [0.05, 0.1) is 13.1 Å². The minimum atomic E-state index is -0.575. The molecule has 2 amide bonds. The molecule has 0 fully saturated rings. The zero-order valence-corrected chi connectivity index (χ0v) is 20.6. The first-order valence-corrected chi connectivity index (χ1v) is 10.1. The van der Waals surface area contributed by atoms with Gasteiger partial charge in [0.25, 0.3) is 5.91 Å². The molecule has 0 spiro atoms. The summed E-state index contributed by atoms with van der Waals surface area (Å²) >= 11 is 0. The maximum atomic E-state index is 11.9. The van der Waals surface area contributed by atoms with Gasteiger partial charge in [0, 0.05) is 18.7 Å². The number of benzene rings is 2. The van der Waals surface area contributed by atoms with E-state index < -0.39 is 5.91 Å². The van der Waals surface area contributed by atoms with E-state index in [1.807, 2.05) is 19.1 Å². The zero-order chi connectivity index (χ0) is 21.9. The van der Waals surface area contributed by atoms with E-state index in [1.165, 1.54) is 11.1 Å². The van der Waals surface area contributed by atoms with Gasteiger partial charge in [-0.05, 0) is 43.0 Å². The average Bonchev–Trinajstić information content (AvgIpc) is 2.74. The molecule has 2 rings (SSSR count). The van der Waals surface area contributed by atoms with Crippen LogP contribution >= 0.6 is 24.0 Å². The fraction of sp³-hybridized carbons (Fsp3) is 0.348. The maximum absolute atomic E-state index is 11.9. The number of carbonyl (C=O) groups is 2. The Morgan fingerprint density at radius 1 is 1.00 bits per heavy atom. The van der Waals surface area contributed by atoms with E-state index in [2.05, 4.69) is 59.1 Å². The molecule has 0 saturated heterocycles. The predicted octanol–water partition coefficient (Wildman–Crippen LogP) is 2.69. The molecule has 0 aromatic heterocycles. The number of hydrogen-bond acceptors (Lipinski definition) is 3. The Hall–Kier alpha value is -2.62. The molecule has 0 heterocycles. The quantitative estimate of drug-likeness (QED) is 0.224. The number of aryl methyl sites for hydroxylation is 1. The minimum absolute atomic E-state index is 0. The summed E-state index contributed by atoms with van der Waals surface area (Å²) in [5.41, 5.74) is 9.03. The number of nitrogens with zero attached hydrogens (tertiary/aromatic N) is 1. The Kier molecular flexibility index (Phi) is 11.6. The highest BCUT2D eigenvalue weighted by Crippen LogP contribution is 2.14. The van der Waals surface area contributed by atoms with Gasteiger partial charge < -0.3 is 21.7 Å². The summed E-state index contributed by atoms with van der Waals surface area (Å²) in [5.74, 6) is 0.200. The number of nitrogens with two attached hydrogens (primary N) is 1. The van der Waals surface area contributed by atoms with Gasteiger partial charge in [-0.1, -0.05) is 48.9 Å². The first-order chi connectivity index (χ1) is 14.4. The van der Waals surface area contributed by atoms with E-state index in [-0.39, 0.29) is 36.4 Å². The third kappa shape index (κ3) is 9.37. The molecule has 0 aliphatic carbocycles. The number of rotatable bonds is 9. The summed E-state index contributed by atoms with van der Waals surface area (Å²) in [4.78, 5) is 27.3. The van der Waals surface area contributed by atoms with Crippen LogP contribution in [-0.4, -0.2) is 37.4 Å². The van der Waals surface area contributed by atoms with Crippen LogP contribution in [0, 0.1) is 6.92 Å². The molecule has 0 saturated carbocycles. The Labute approximate surface area is 201 Å². The number of primary amides is 1. The second-order valence-electron chi connectivity index (χ2n) is 7.23. The molecule has 7 nitrogen and oxygen atoms in total. The molecule has 2 aromatic rings. The number of amides is 2. The van der Waals surface area contributed by atoms with Gasteiger partial charge in [0.15, 0.2) is 5.96 Å².